The summed E-state index contributed by atoms with van der Waals surface area (Å²) >= 11 is 0. The van der Waals surface area contributed by atoms with Crippen LogP contribution < -0.4 is 15.4 Å². The van der Waals surface area contributed by atoms with Crippen molar-refractivity contribution in [3.8, 4) is 0 Å². The van der Waals surface area contributed by atoms with Crippen LogP contribution in [0.25, 0.3) is 0 Å². The zero-order chi connectivity index (χ0) is 18.7. The topological polar surface area (TPSA) is 105 Å². The Morgan fingerprint density at radius 2 is 1.82 bits per heavy atom. The van der Waals surface area contributed by atoms with Crippen LogP contribution in [0.1, 0.15) is 12.8 Å². The second kappa shape index (κ2) is 10.6. The van der Waals surface area contributed by atoms with Crippen molar-refractivity contribution < 1.29 is 17.9 Å². The average Bonchev–Trinajstić information content (AvgIpc) is 3.17. The zero-order valence-corrected chi connectivity index (χ0v) is 18.2. The van der Waals surface area contributed by atoms with Gasteiger partial charge in [0.25, 0.3) is 5.91 Å². The Kier molecular flexibility index (Phi) is 9.45. The van der Waals surface area contributed by atoms with Gasteiger partial charge in [-0.3, -0.25) is 4.79 Å². The summed E-state index contributed by atoms with van der Waals surface area (Å²) in [5, 5.41) is 0. The van der Waals surface area contributed by atoms with E-state index in [0.717, 1.165) is 6.42 Å². The Labute approximate surface area is 178 Å². The normalized spacial score (nSPS) is 22.4. The molecule has 2 aliphatic rings. The van der Waals surface area contributed by atoms with E-state index in [4.69, 9.17) is 10.5 Å². The molecule has 0 unspecified atom stereocenters. The Hall–Kier alpha value is -1.10. The summed E-state index contributed by atoms with van der Waals surface area (Å²) in [5.74, 6) is 0.0109. The van der Waals surface area contributed by atoms with Crippen molar-refractivity contribution in [3.05, 3.63) is 24.3 Å². The van der Waals surface area contributed by atoms with Gasteiger partial charge in [-0.05, 0) is 32.0 Å². The fraction of sp³-hybridized carbons (Fsp3) is 0.588. The lowest BCUT2D eigenvalue weighted by Crippen LogP contribution is -2.51. The molecule has 2 aliphatic heterocycles. The van der Waals surface area contributed by atoms with E-state index in [1.54, 1.807) is 23.1 Å². The third kappa shape index (κ3) is 5.28. The number of rotatable bonds is 5. The molecule has 1 aromatic rings. The fourth-order valence-corrected chi connectivity index (χ4v) is 4.44. The third-order valence-electron chi connectivity index (χ3n) is 5.00. The Balaban J connectivity index is 0.00000196. The number of hydrogen-bond acceptors (Lipinski definition) is 6. The maximum Gasteiger partial charge on any atom is 0.251 e. The van der Waals surface area contributed by atoms with Gasteiger partial charge in [0.2, 0.25) is 10.0 Å². The van der Waals surface area contributed by atoms with Crippen LogP contribution in [0.15, 0.2) is 29.2 Å². The first-order chi connectivity index (χ1) is 12.5. The van der Waals surface area contributed by atoms with Crippen molar-refractivity contribution in [2.24, 2.45) is 5.73 Å². The van der Waals surface area contributed by atoms with E-state index in [0.29, 0.717) is 44.8 Å². The predicted octanol–water partition coefficient (Wildman–Crippen LogP) is 0.593. The van der Waals surface area contributed by atoms with Crippen LogP contribution in [0.3, 0.4) is 0 Å². The van der Waals surface area contributed by atoms with Crippen LogP contribution in [0.5, 0.6) is 0 Å². The fourth-order valence-electron chi connectivity index (χ4n) is 3.49. The van der Waals surface area contributed by atoms with Gasteiger partial charge < -0.3 is 20.3 Å². The molecule has 1 aromatic carbocycles. The van der Waals surface area contributed by atoms with E-state index in [-0.39, 0.29) is 41.7 Å². The molecule has 160 valence electrons. The number of nitrogens with one attached hydrogen (secondary N) is 1. The highest BCUT2D eigenvalue weighted by Crippen LogP contribution is 2.27. The standard InChI is InChI=1S/C17H26N4O4S.2ClH/c1-19-26(23,24)16-5-3-2-4-14(16)20-8-10-21(11-9-20)17(22)15-7-6-13(12-18)25-15;;/h2-5,13,15,19H,6-12,18H2,1H3;2*1H/t13-,15+;;/m1../s1. The molecule has 1 amide bonds. The van der Waals surface area contributed by atoms with Gasteiger partial charge in [-0.15, -0.1) is 24.8 Å². The first-order valence-electron chi connectivity index (χ1n) is 8.88. The van der Waals surface area contributed by atoms with Crippen LogP contribution in [0.4, 0.5) is 5.69 Å². The molecule has 2 atom stereocenters. The number of anilines is 1. The molecule has 0 bridgehead atoms. The monoisotopic (exact) mass is 454 g/mol. The zero-order valence-electron chi connectivity index (χ0n) is 15.7. The van der Waals surface area contributed by atoms with Gasteiger partial charge in [0.15, 0.2) is 0 Å². The summed E-state index contributed by atoms with van der Waals surface area (Å²) in [7, 11) is -2.13. The molecule has 0 aromatic heterocycles. The number of amides is 1. The minimum atomic E-state index is -3.53. The highest BCUT2D eigenvalue weighted by atomic mass is 35.5. The minimum absolute atomic E-state index is 0. The van der Waals surface area contributed by atoms with Crippen LogP contribution >= 0.6 is 24.8 Å². The molecular formula is C17H28Cl2N4O4S. The second-order valence-corrected chi connectivity index (χ2v) is 8.40. The van der Waals surface area contributed by atoms with Crippen molar-refractivity contribution in [3.63, 3.8) is 0 Å². The van der Waals surface area contributed by atoms with Crippen LogP contribution in [0, 0.1) is 0 Å². The van der Waals surface area contributed by atoms with E-state index in [1.807, 2.05) is 11.0 Å². The minimum Gasteiger partial charge on any atom is -0.367 e. The molecule has 8 nitrogen and oxygen atoms in total. The van der Waals surface area contributed by atoms with Crippen LogP contribution in [0.2, 0.25) is 0 Å². The number of para-hydroxylation sites is 1. The van der Waals surface area contributed by atoms with Crippen molar-refractivity contribution in [1.29, 1.82) is 0 Å². The van der Waals surface area contributed by atoms with Crippen molar-refractivity contribution in [2.75, 3.05) is 44.7 Å². The molecule has 11 heteroatoms. The van der Waals surface area contributed by atoms with E-state index >= 15 is 0 Å². The Morgan fingerprint density at radius 1 is 1.18 bits per heavy atom. The number of halogens is 2. The SMILES string of the molecule is CNS(=O)(=O)c1ccccc1N1CCN(C(=O)[C@@H]2CC[C@H](CN)O2)CC1.Cl.Cl. The molecule has 0 spiro atoms. The number of sulfonamides is 1. The first kappa shape index (κ1) is 24.9. The molecule has 0 radical (unpaired) electrons. The number of carbonyl (C=O) groups is 1. The predicted molar refractivity (Wildman–Crippen MR) is 113 cm³/mol. The van der Waals surface area contributed by atoms with E-state index < -0.39 is 16.1 Å². The van der Waals surface area contributed by atoms with Gasteiger partial charge in [-0.1, -0.05) is 12.1 Å². The van der Waals surface area contributed by atoms with Crippen LogP contribution in [-0.4, -0.2) is 71.2 Å². The molecule has 3 N–H and O–H groups in total. The van der Waals surface area contributed by atoms with E-state index in [9.17, 15) is 13.2 Å². The van der Waals surface area contributed by atoms with Gasteiger partial charge in [-0.2, -0.15) is 0 Å². The molecule has 0 aliphatic carbocycles. The van der Waals surface area contributed by atoms with Crippen LogP contribution in [-0.2, 0) is 19.6 Å². The van der Waals surface area contributed by atoms with Crippen molar-refractivity contribution in [1.82, 2.24) is 9.62 Å². The van der Waals surface area contributed by atoms with E-state index in [1.165, 1.54) is 7.05 Å². The summed E-state index contributed by atoms with van der Waals surface area (Å²) in [6.45, 7) is 2.68. The number of benzene rings is 1. The summed E-state index contributed by atoms with van der Waals surface area (Å²) < 4.78 is 32.5. The molecule has 2 heterocycles. The summed E-state index contributed by atoms with van der Waals surface area (Å²) in [5.41, 5.74) is 6.27. The highest BCUT2D eigenvalue weighted by molar-refractivity contribution is 7.89. The highest BCUT2D eigenvalue weighted by Gasteiger charge is 2.34. The number of carbonyl (C=O) groups excluding carboxylic acids is 1. The lowest BCUT2D eigenvalue weighted by atomic mass is 10.1. The first-order valence-corrected chi connectivity index (χ1v) is 10.4. The van der Waals surface area contributed by atoms with Crippen molar-refractivity contribution >= 4 is 46.4 Å². The smallest absolute Gasteiger partial charge is 0.251 e. The molecule has 2 fully saturated rings. The molecular weight excluding hydrogens is 427 g/mol. The lowest BCUT2D eigenvalue weighted by molar-refractivity contribution is -0.143. The second-order valence-electron chi connectivity index (χ2n) is 6.55. The van der Waals surface area contributed by atoms with E-state index in [2.05, 4.69) is 4.72 Å². The number of piperazine rings is 1. The van der Waals surface area contributed by atoms with Crippen molar-refractivity contribution in [2.45, 2.75) is 29.9 Å². The number of hydrogen-bond donors (Lipinski definition) is 2. The number of nitrogens with zero attached hydrogens (tertiary/aromatic N) is 2. The Morgan fingerprint density at radius 3 is 2.39 bits per heavy atom. The van der Waals surface area contributed by atoms with Gasteiger partial charge in [0, 0.05) is 32.7 Å². The van der Waals surface area contributed by atoms with Gasteiger partial charge in [-0.25, -0.2) is 13.1 Å². The van der Waals surface area contributed by atoms with Gasteiger partial charge in [0.05, 0.1) is 11.8 Å². The molecule has 28 heavy (non-hydrogen) atoms. The maximum absolute atomic E-state index is 12.6. The van der Waals surface area contributed by atoms with Gasteiger partial charge >= 0.3 is 0 Å². The maximum atomic E-state index is 12.6. The summed E-state index contributed by atoms with van der Waals surface area (Å²) in [4.78, 5) is 16.7. The van der Waals surface area contributed by atoms with Gasteiger partial charge in [0.1, 0.15) is 11.0 Å². The summed E-state index contributed by atoms with van der Waals surface area (Å²) in [6.07, 6.45) is 1.11. The molecule has 2 saturated heterocycles. The molecule has 0 saturated carbocycles. The third-order valence-corrected chi connectivity index (χ3v) is 6.46. The average molecular weight is 455 g/mol. The lowest BCUT2D eigenvalue weighted by Gasteiger charge is -2.37. The number of nitrogens with two attached hydrogens (primary N) is 1. The summed E-state index contributed by atoms with van der Waals surface area (Å²) in [6, 6.07) is 6.92. The largest absolute Gasteiger partial charge is 0.367 e. The molecule has 3 rings (SSSR count). The number of ether oxygens (including phenoxy) is 1. The Bertz CT molecular complexity index is 757. The quantitative estimate of drug-likeness (QED) is 0.674.